The number of alkyl halides is 6. The quantitative estimate of drug-likeness (QED) is 0.653. The van der Waals surface area contributed by atoms with Gasteiger partial charge in [0.25, 0.3) is 0 Å². The molecule has 0 aromatic carbocycles. The van der Waals surface area contributed by atoms with E-state index < -0.39 is 47.3 Å². The number of halogens is 6. The second-order valence-electron chi connectivity index (χ2n) is 6.96. The first-order valence-corrected chi connectivity index (χ1v) is 7.00. The van der Waals surface area contributed by atoms with Crippen molar-refractivity contribution in [2.75, 3.05) is 0 Å². The number of rotatable bonds is 2. The molecule has 1 aliphatic heterocycles. The Hall–Kier alpha value is -1.52. The molecule has 2 atom stereocenters. The van der Waals surface area contributed by atoms with Gasteiger partial charge in [0.1, 0.15) is 0 Å². The number of hydrogen-bond acceptors (Lipinski definition) is 3. The van der Waals surface area contributed by atoms with E-state index in [9.17, 15) is 35.9 Å². The number of piperidine rings is 1. The van der Waals surface area contributed by atoms with Gasteiger partial charge in [0, 0.05) is 11.1 Å². The van der Waals surface area contributed by atoms with Crippen LogP contribution < -0.4 is 16.0 Å². The number of hydrogen-bond donors (Lipinski definition) is 3. The zero-order valence-electron chi connectivity index (χ0n) is 13.4. The predicted molar refractivity (Wildman–Crippen MR) is 71.9 cm³/mol. The highest BCUT2D eigenvalue weighted by atomic mass is 19.4. The SMILES string of the molecule is CC1(C)C[C@@H](NC(=O)C(F)(F)F)[C@@H](NC(=O)C(F)(F)F)C(C)(C)N1. The van der Waals surface area contributed by atoms with Gasteiger partial charge in [-0.15, -0.1) is 0 Å². The van der Waals surface area contributed by atoms with Crippen LogP contribution in [0, 0.1) is 0 Å². The average Bonchev–Trinajstić information content (AvgIpc) is 2.28. The minimum atomic E-state index is -5.19. The molecule has 0 saturated carbocycles. The van der Waals surface area contributed by atoms with Crippen LogP contribution in [0.5, 0.6) is 0 Å². The van der Waals surface area contributed by atoms with Crippen LogP contribution in [-0.2, 0) is 9.59 Å². The molecule has 0 bridgehead atoms. The zero-order valence-corrected chi connectivity index (χ0v) is 13.4. The van der Waals surface area contributed by atoms with Crippen molar-refractivity contribution in [1.29, 1.82) is 0 Å². The van der Waals surface area contributed by atoms with Crippen molar-refractivity contribution in [2.45, 2.75) is 69.6 Å². The minimum absolute atomic E-state index is 0.110. The second-order valence-corrected chi connectivity index (χ2v) is 6.96. The minimum Gasteiger partial charge on any atom is -0.343 e. The van der Waals surface area contributed by atoms with Crippen molar-refractivity contribution in [3.8, 4) is 0 Å². The molecule has 1 saturated heterocycles. The van der Waals surface area contributed by atoms with Gasteiger partial charge in [0.15, 0.2) is 0 Å². The third-order valence-electron chi connectivity index (χ3n) is 3.69. The fourth-order valence-electron chi connectivity index (χ4n) is 3.06. The summed E-state index contributed by atoms with van der Waals surface area (Å²) in [5, 5.41) is 6.34. The Morgan fingerprint density at radius 3 is 1.75 bits per heavy atom. The Bertz CT molecular complexity index is 513. The molecule has 1 rings (SSSR count). The zero-order chi connectivity index (χ0) is 19.1. The standard InChI is InChI=1S/C13H19F6N3O2/c1-10(2)5-6(20-8(23)12(14,15)16)7(11(3,4)22-10)21-9(24)13(17,18)19/h6-7,22H,5H2,1-4H3,(H,20,23)(H,21,24)/t6-,7-/m1/s1. The van der Waals surface area contributed by atoms with Gasteiger partial charge in [-0.2, -0.15) is 26.3 Å². The van der Waals surface area contributed by atoms with Crippen LogP contribution in [0.4, 0.5) is 26.3 Å². The summed E-state index contributed by atoms with van der Waals surface area (Å²) in [6.07, 6.45) is -10.5. The van der Waals surface area contributed by atoms with Crippen LogP contribution >= 0.6 is 0 Å². The van der Waals surface area contributed by atoms with Crippen molar-refractivity contribution in [3.05, 3.63) is 0 Å². The number of amides is 2. The Labute approximate surface area is 134 Å². The summed E-state index contributed by atoms with van der Waals surface area (Å²) in [5.74, 6) is -4.56. The largest absolute Gasteiger partial charge is 0.471 e. The van der Waals surface area contributed by atoms with Gasteiger partial charge in [-0.25, -0.2) is 0 Å². The number of nitrogens with one attached hydrogen (secondary N) is 3. The summed E-state index contributed by atoms with van der Waals surface area (Å²) in [6, 6.07) is -2.73. The Kier molecular flexibility index (Phi) is 5.20. The summed E-state index contributed by atoms with van der Waals surface area (Å²) >= 11 is 0. The van der Waals surface area contributed by atoms with Gasteiger partial charge in [0.05, 0.1) is 12.1 Å². The molecule has 140 valence electrons. The van der Waals surface area contributed by atoms with E-state index in [1.807, 2.05) is 0 Å². The number of carbonyl (C=O) groups excluding carboxylic acids is 2. The average molecular weight is 363 g/mol. The molecule has 11 heteroatoms. The van der Waals surface area contributed by atoms with Crippen LogP contribution in [0.1, 0.15) is 34.1 Å². The molecule has 1 heterocycles. The molecule has 0 unspecified atom stereocenters. The summed E-state index contributed by atoms with van der Waals surface area (Å²) in [5.41, 5.74) is -1.97. The second kappa shape index (κ2) is 6.08. The molecule has 0 aromatic rings. The van der Waals surface area contributed by atoms with Gasteiger partial charge in [-0.1, -0.05) is 0 Å². The molecule has 0 spiro atoms. The highest BCUT2D eigenvalue weighted by molar-refractivity contribution is 5.83. The lowest BCUT2D eigenvalue weighted by atomic mass is 9.75. The normalized spacial score (nSPS) is 26.6. The summed E-state index contributed by atoms with van der Waals surface area (Å²) in [4.78, 5) is 22.4. The topological polar surface area (TPSA) is 70.2 Å². The summed E-state index contributed by atoms with van der Waals surface area (Å²) in [6.45, 7) is 6.12. The van der Waals surface area contributed by atoms with E-state index in [1.54, 1.807) is 24.5 Å². The monoisotopic (exact) mass is 363 g/mol. The van der Waals surface area contributed by atoms with Crippen molar-refractivity contribution < 1.29 is 35.9 Å². The van der Waals surface area contributed by atoms with E-state index in [4.69, 9.17) is 0 Å². The number of carbonyl (C=O) groups is 2. The van der Waals surface area contributed by atoms with Crippen LogP contribution in [0.25, 0.3) is 0 Å². The molecule has 0 aliphatic carbocycles. The van der Waals surface area contributed by atoms with Crippen molar-refractivity contribution >= 4 is 11.8 Å². The van der Waals surface area contributed by atoms with E-state index in [0.29, 0.717) is 0 Å². The van der Waals surface area contributed by atoms with Crippen LogP contribution in [0.2, 0.25) is 0 Å². The Balaban J connectivity index is 3.11. The van der Waals surface area contributed by atoms with Gasteiger partial charge in [0.2, 0.25) is 0 Å². The third kappa shape index (κ3) is 4.99. The first-order chi connectivity index (χ1) is 10.5. The lowest BCUT2D eigenvalue weighted by molar-refractivity contribution is -0.178. The maximum atomic E-state index is 12.5. The summed E-state index contributed by atoms with van der Waals surface area (Å²) in [7, 11) is 0. The van der Waals surface area contributed by atoms with Crippen LogP contribution in [-0.4, -0.2) is 47.3 Å². The predicted octanol–water partition coefficient (Wildman–Crippen LogP) is 1.63. The Morgan fingerprint density at radius 1 is 0.917 bits per heavy atom. The van der Waals surface area contributed by atoms with Gasteiger partial charge in [-0.3, -0.25) is 9.59 Å². The fourth-order valence-corrected chi connectivity index (χ4v) is 3.06. The van der Waals surface area contributed by atoms with E-state index in [0.717, 1.165) is 0 Å². The van der Waals surface area contributed by atoms with E-state index in [-0.39, 0.29) is 6.42 Å². The Morgan fingerprint density at radius 2 is 1.33 bits per heavy atom. The summed E-state index contributed by atoms with van der Waals surface area (Å²) < 4.78 is 74.9. The highest BCUT2D eigenvalue weighted by Gasteiger charge is 2.51. The van der Waals surface area contributed by atoms with Crippen LogP contribution in [0.15, 0.2) is 0 Å². The fraction of sp³-hybridized carbons (Fsp3) is 0.846. The lowest BCUT2D eigenvalue weighted by Crippen LogP contribution is -2.75. The molecule has 2 amide bonds. The molecule has 1 fully saturated rings. The van der Waals surface area contributed by atoms with Gasteiger partial charge in [-0.05, 0) is 34.1 Å². The lowest BCUT2D eigenvalue weighted by Gasteiger charge is -2.52. The van der Waals surface area contributed by atoms with Crippen molar-refractivity contribution in [1.82, 2.24) is 16.0 Å². The molecular weight excluding hydrogens is 344 g/mol. The molecule has 5 nitrogen and oxygen atoms in total. The van der Waals surface area contributed by atoms with E-state index in [2.05, 4.69) is 5.32 Å². The van der Waals surface area contributed by atoms with E-state index >= 15 is 0 Å². The molecule has 0 radical (unpaired) electrons. The molecular formula is C13H19F6N3O2. The molecule has 3 N–H and O–H groups in total. The maximum absolute atomic E-state index is 12.5. The highest BCUT2D eigenvalue weighted by Crippen LogP contribution is 2.31. The van der Waals surface area contributed by atoms with Crippen molar-refractivity contribution in [3.63, 3.8) is 0 Å². The smallest absolute Gasteiger partial charge is 0.343 e. The van der Waals surface area contributed by atoms with Crippen LogP contribution in [0.3, 0.4) is 0 Å². The maximum Gasteiger partial charge on any atom is 0.471 e. The van der Waals surface area contributed by atoms with E-state index in [1.165, 1.54) is 13.8 Å². The van der Waals surface area contributed by atoms with Gasteiger partial charge >= 0.3 is 24.2 Å². The van der Waals surface area contributed by atoms with Crippen molar-refractivity contribution in [2.24, 2.45) is 0 Å². The first kappa shape index (κ1) is 20.5. The molecule has 24 heavy (non-hydrogen) atoms. The van der Waals surface area contributed by atoms with Gasteiger partial charge < -0.3 is 16.0 Å². The molecule has 0 aromatic heterocycles. The third-order valence-corrected chi connectivity index (χ3v) is 3.69. The molecule has 1 aliphatic rings. The first-order valence-electron chi connectivity index (χ1n) is 7.00.